The number of rotatable bonds is 4. The second-order valence-electron chi connectivity index (χ2n) is 4.91. The van der Waals surface area contributed by atoms with Crippen molar-refractivity contribution in [3.05, 3.63) is 66.0 Å². The van der Waals surface area contributed by atoms with E-state index in [1.165, 1.54) is 19.1 Å². The van der Waals surface area contributed by atoms with Crippen molar-refractivity contribution in [3.63, 3.8) is 0 Å². The van der Waals surface area contributed by atoms with Crippen LogP contribution in [-0.4, -0.2) is 12.5 Å². The third-order valence-corrected chi connectivity index (χ3v) is 3.28. The van der Waals surface area contributed by atoms with Crippen LogP contribution >= 0.6 is 0 Å². The standard InChI is InChI=1S/C18H18FNO/c1-13(11-12-20-14(2)21)15-3-5-16(6-4-15)17-7-9-18(19)10-8-17/h3-11H,12H2,1-2H3,(H,20,21)/b13-11-. The van der Waals surface area contributed by atoms with Crippen LogP contribution in [0.3, 0.4) is 0 Å². The average molecular weight is 283 g/mol. The van der Waals surface area contributed by atoms with Crippen LogP contribution in [-0.2, 0) is 4.79 Å². The molecule has 0 fully saturated rings. The van der Waals surface area contributed by atoms with E-state index in [0.29, 0.717) is 6.54 Å². The fourth-order valence-corrected chi connectivity index (χ4v) is 2.03. The molecule has 0 bridgehead atoms. The van der Waals surface area contributed by atoms with E-state index in [0.717, 1.165) is 22.3 Å². The third-order valence-electron chi connectivity index (χ3n) is 3.28. The predicted molar refractivity (Wildman–Crippen MR) is 84.2 cm³/mol. The van der Waals surface area contributed by atoms with Gasteiger partial charge in [-0.1, -0.05) is 42.5 Å². The minimum absolute atomic E-state index is 0.0364. The zero-order chi connectivity index (χ0) is 15.2. The molecule has 0 unspecified atom stereocenters. The molecule has 0 spiro atoms. The van der Waals surface area contributed by atoms with E-state index in [2.05, 4.69) is 5.32 Å². The van der Waals surface area contributed by atoms with Gasteiger partial charge in [-0.25, -0.2) is 4.39 Å². The zero-order valence-electron chi connectivity index (χ0n) is 12.2. The van der Waals surface area contributed by atoms with Crippen LogP contribution in [0.5, 0.6) is 0 Å². The van der Waals surface area contributed by atoms with E-state index >= 15 is 0 Å². The van der Waals surface area contributed by atoms with Gasteiger partial charge in [0, 0.05) is 13.5 Å². The Morgan fingerprint density at radius 3 is 2.05 bits per heavy atom. The predicted octanol–water partition coefficient (Wildman–Crippen LogP) is 4.03. The summed E-state index contributed by atoms with van der Waals surface area (Å²) in [7, 11) is 0. The SMILES string of the molecule is CC(=O)NC/C=C(/C)c1ccc(-c2ccc(F)cc2)cc1. The monoisotopic (exact) mass is 283 g/mol. The highest BCUT2D eigenvalue weighted by Crippen LogP contribution is 2.22. The molecule has 2 nitrogen and oxygen atoms in total. The molecule has 2 aromatic carbocycles. The number of halogens is 1. The Morgan fingerprint density at radius 2 is 1.52 bits per heavy atom. The van der Waals surface area contributed by atoms with Crippen molar-refractivity contribution in [2.45, 2.75) is 13.8 Å². The quantitative estimate of drug-likeness (QED) is 0.901. The molecule has 0 saturated heterocycles. The number of carbonyl (C=O) groups is 1. The Hall–Kier alpha value is -2.42. The van der Waals surface area contributed by atoms with E-state index in [1.54, 1.807) is 12.1 Å². The summed E-state index contributed by atoms with van der Waals surface area (Å²) in [5.41, 5.74) is 4.25. The molecule has 0 radical (unpaired) electrons. The van der Waals surface area contributed by atoms with Gasteiger partial charge < -0.3 is 5.32 Å². The maximum atomic E-state index is 12.9. The summed E-state index contributed by atoms with van der Waals surface area (Å²) < 4.78 is 12.9. The van der Waals surface area contributed by atoms with Gasteiger partial charge in [0.1, 0.15) is 5.82 Å². The molecule has 0 aliphatic rings. The Morgan fingerprint density at radius 1 is 1.00 bits per heavy atom. The first-order valence-electron chi connectivity index (χ1n) is 6.84. The lowest BCUT2D eigenvalue weighted by Crippen LogP contribution is -2.19. The first kappa shape index (κ1) is 15.0. The molecule has 2 aromatic rings. The fourth-order valence-electron chi connectivity index (χ4n) is 2.03. The van der Waals surface area contributed by atoms with Gasteiger partial charge in [0.15, 0.2) is 0 Å². The number of hydrogen-bond acceptors (Lipinski definition) is 1. The molecule has 0 atom stereocenters. The molecule has 21 heavy (non-hydrogen) atoms. The zero-order valence-corrected chi connectivity index (χ0v) is 12.2. The first-order valence-corrected chi connectivity index (χ1v) is 6.84. The number of benzene rings is 2. The highest BCUT2D eigenvalue weighted by molar-refractivity contribution is 5.74. The highest BCUT2D eigenvalue weighted by Gasteiger charge is 2.00. The third kappa shape index (κ3) is 4.28. The largest absolute Gasteiger partial charge is 0.353 e. The second-order valence-corrected chi connectivity index (χ2v) is 4.91. The molecule has 108 valence electrons. The van der Waals surface area contributed by atoms with Crippen LogP contribution in [0.15, 0.2) is 54.6 Å². The molecule has 0 aliphatic carbocycles. The molecule has 1 amide bonds. The van der Waals surface area contributed by atoms with E-state index in [4.69, 9.17) is 0 Å². The Kier molecular flexibility index (Phi) is 4.88. The minimum Gasteiger partial charge on any atom is -0.353 e. The van der Waals surface area contributed by atoms with E-state index in [-0.39, 0.29) is 11.7 Å². The van der Waals surface area contributed by atoms with Crippen LogP contribution in [0.25, 0.3) is 16.7 Å². The lowest BCUT2D eigenvalue weighted by Gasteiger charge is -2.06. The van der Waals surface area contributed by atoms with Crippen molar-refractivity contribution in [1.82, 2.24) is 5.32 Å². The molecule has 1 N–H and O–H groups in total. The van der Waals surface area contributed by atoms with Crippen LogP contribution in [0.4, 0.5) is 4.39 Å². The van der Waals surface area contributed by atoms with Crippen molar-refractivity contribution < 1.29 is 9.18 Å². The number of carbonyl (C=O) groups excluding carboxylic acids is 1. The van der Waals surface area contributed by atoms with Gasteiger partial charge in [-0.05, 0) is 41.3 Å². The second kappa shape index (κ2) is 6.84. The van der Waals surface area contributed by atoms with Gasteiger partial charge in [0.25, 0.3) is 0 Å². The summed E-state index contributed by atoms with van der Waals surface area (Å²) in [6.07, 6.45) is 1.98. The van der Waals surface area contributed by atoms with Crippen molar-refractivity contribution in [2.75, 3.05) is 6.54 Å². The van der Waals surface area contributed by atoms with Crippen molar-refractivity contribution in [3.8, 4) is 11.1 Å². The van der Waals surface area contributed by atoms with Gasteiger partial charge in [0.2, 0.25) is 5.91 Å². The van der Waals surface area contributed by atoms with Crippen LogP contribution < -0.4 is 5.32 Å². The molecule has 0 aromatic heterocycles. The fraction of sp³-hybridized carbons (Fsp3) is 0.167. The van der Waals surface area contributed by atoms with Crippen molar-refractivity contribution in [2.24, 2.45) is 0 Å². The Balaban J connectivity index is 2.11. The van der Waals surface area contributed by atoms with Crippen molar-refractivity contribution in [1.29, 1.82) is 0 Å². The number of nitrogens with one attached hydrogen (secondary N) is 1. The lowest BCUT2D eigenvalue weighted by atomic mass is 10.0. The summed E-state index contributed by atoms with van der Waals surface area (Å²) in [5, 5.41) is 2.74. The van der Waals surface area contributed by atoms with Crippen molar-refractivity contribution >= 4 is 11.5 Å². The van der Waals surface area contributed by atoms with Gasteiger partial charge in [-0.3, -0.25) is 4.79 Å². The Labute approximate surface area is 124 Å². The molecular formula is C18H18FNO. The molecule has 0 aliphatic heterocycles. The number of allylic oxidation sites excluding steroid dienone is 1. The van der Waals surface area contributed by atoms with Gasteiger partial charge >= 0.3 is 0 Å². The molecule has 0 saturated carbocycles. The number of amides is 1. The maximum Gasteiger partial charge on any atom is 0.217 e. The maximum absolute atomic E-state index is 12.9. The Bertz CT molecular complexity index is 642. The molecule has 0 heterocycles. The normalized spacial score (nSPS) is 11.3. The molecular weight excluding hydrogens is 265 g/mol. The summed E-state index contributed by atoms with van der Waals surface area (Å²) in [6.45, 7) is 4.04. The topological polar surface area (TPSA) is 29.1 Å². The van der Waals surface area contributed by atoms with Crippen LogP contribution in [0, 0.1) is 5.82 Å². The summed E-state index contributed by atoms with van der Waals surface area (Å²) in [4.78, 5) is 10.8. The van der Waals surface area contributed by atoms with E-state index in [9.17, 15) is 9.18 Å². The average Bonchev–Trinajstić information content (AvgIpc) is 2.48. The van der Waals surface area contributed by atoms with E-state index < -0.39 is 0 Å². The summed E-state index contributed by atoms with van der Waals surface area (Å²) >= 11 is 0. The minimum atomic E-state index is -0.230. The van der Waals surface area contributed by atoms with Crippen LogP contribution in [0.1, 0.15) is 19.4 Å². The number of hydrogen-bond donors (Lipinski definition) is 1. The summed E-state index contributed by atoms with van der Waals surface area (Å²) in [6, 6.07) is 14.5. The van der Waals surface area contributed by atoms with Gasteiger partial charge in [0.05, 0.1) is 0 Å². The highest BCUT2D eigenvalue weighted by atomic mass is 19.1. The first-order chi connectivity index (χ1) is 10.1. The van der Waals surface area contributed by atoms with Gasteiger partial charge in [-0.15, -0.1) is 0 Å². The molecule has 3 heteroatoms. The van der Waals surface area contributed by atoms with E-state index in [1.807, 2.05) is 37.3 Å². The molecule has 2 rings (SSSR count). The van der Waals surface area contributed by atoms with Crippen LogP contribution in [0.2, 0.25) is 0 Å². The summed E-state index contributed by atoms with van der Waals surface area (Å²) in [5.74, 6) is -0.266. The lowest BCUT2D eigenvalue weighted by molar-refractivity contribution is -0.118. The van der Waals surface area contributed by atoms with Gasteiger partial charge in [-0.2, -0.15) is 0 Å². The smallest absolute Gasteiger partial charge is 0.217 e.